The van der Waals surface area contributed by atoms with E-state index in [0.717, 1.165) is 36.3 Å². The molecular weight excluding hydrogens is 381 g/mol. The molecule has 0 nitrogen and oxygen atoms in total. The van der Waals surface area contributed by atoms with E-state index in [-0.39, 0.29) is 0 Å². The smallest absolute Gasteiger partial charge is 0.194 e. The third kappa shape index (κ3) is 7.31. The van der Waals surface area contributed by atoms with E-state index in [1.807, 2.05) is 0 Å². The minimum atomic E-state index is -1.36. The Kier molecular flexibility index (Phi) is 9.59. The SMILES string of the molecule is CCCCCC1CCC(CCC2CCC(CCc3cc(F)c(F)c(F)c3)CC2)CC1. The molecule has 1 aromatic rings. The molecular formula is C27H41F3. The fraction of sp³-hybridized carbons (Fsp3) is 0.778. The highest BCUT2D eigenvalue weighted by Crippen LogP contribution is 2.38. The van der Waals surface area contributed by atoms with Crippen molar-refractivity contribution in [1.29, 1.82) is 0 Å². The van der Waals surface area contributed by atoms with E-state index in [0.29, 0.717) is 17.9 Å². The molecule has 0 N–H and O–H groups in total. The zero-order valence-corrected chi connectivity index (χ0v) is 18.9. The number of hydrogen-bond acceptors (Lipinski definition) is 0. The molecule has 0 aromatic heterocycles. The first-order valence-corrected chi connectivity index (χ1v) is 12.7. The molecule has 1 aromatic carbocycles. The summed E-state index contributed by atoms with van der Waals surface area (Å²) >= 11 is 0. The second-order valence-electron chi connectivity index (χ2n) is 10.3. The molecule has 2 aliphatic carbocycles. The summed E-state index contributed by atoms with van der Waals surface area (Å²) in [5.41, 5.74) is 0.582. The van der Waals surface area contributed by atoms with Gasteiger partial charge in [-0.1, -0.05) is 96.8 Å². The molecule has 3 heteroatoms. The number of aryl methyl sites for hydroxylation is 1. The van der Waals surface area contributed by atoms with Crippen LogP contribution in [-0.4, -0.2) is 0 Å². The molecule has 0 spiro atoms. The molecule has 0 radical (unpaired) electrons. The van der Waals surface area contributed by atoms with Crippen molar-refractivity contribution in [1.82, 2.24) is 0 Å². The Bertz CT molecular complexity index is 602. The Morgan fingerprint density at radius 1 is 0.633 bits per heavy atom. The molecule has 0 heterocycles. The molecule has 2 fully saturated rings. The minimum Gasteiger partial charge on any atom is -0.204 e. The van der Waals surface area contributed by atoms with Crippen molar-refractivity contribution in [2.45, 2.75) is 110 Å². The summed E-state index contributed by atoms with van der Waals surface area (Å²) in [6, 6.07) is 2.31. The number of hydrogen-bond donors (Lipinski definition) is 0. The normalized spacial score (nSPS) is 27.3. The van der Waals surface area contributed by atoms with Crippen LogP contribution >= 0.6 is 0 Å². The maximum Gasteiger partial charge on any atom is 0.194 e. The maximum atomic E-state index is 13.4. The molecule has 2 aliphatic rings. The van der Waals surface area contributed by atoms with Gasteiger partial charge in [-0.3, -0.25) is 0 Å². The van der Waals surface area contributed by atoms with E-state index in [1.165, 1.54) is 89.9 Å². The van der Waals surface area contributed by atoms with Crippen LogP contribution in [0.3, 0.4) is 0 Å². The Morgan fingerprint density at radius 2 is 1.07 bits per heavy atom. The van der Waals surface area contributed by atoms with E-state index < -0.39 is 17.5 Å². The molecule has 0 aliphatic heterocycles. The predicted molar refractivity (Wildman–Crippen MR) is 119 cm³/mol. The highest BCUT2D eigenvalue weighted by Gasteiger charge is 2.25. The van der Waals surface area contributed by atoms with Gasteiger partial charge in [-0.25, -0.2) is 13.2 Å². The zero-order valence-electron chi connectivity index (χ0n) is 18.9. The van der Waals surface area contributed by atoms with Gasteiger partial charge in [0.15, 0.2) is 17.5 Å². The molecule has 0 amide bonds. The van der Waals surface area contributed by atoms with Crippen LogP contribution in [0.4, 0.5) is 13.2 Å². The van der Waals surface area contributed by atoms with Crippen LogP contribution in [0.2, 0.25) is 0 Å². The minimum absolute atomic E-state index is 0.582. The Labute approximate surface area is 182 Å². The Balaban J connectivity index is 1.28. The average Bonchev–Trinajstić information content (AvgIpc) is 2.76. The van der Waals surface area contributed by atoms with Crippen molar-refractivity contribution in [3.63, 3.8) is 0 Å². The molecule has 0 unspecified atom stereocenters. The van der Waals surface area contributed by atoms with Crippen LogP contribution in [0.15, 0.2) is 12.1 Å². The topological polar surface area (TPSA) is 0 Å². The molecule has 0 saturated heterocycles. The van der Waals surface area contributed by atoms with E-state index >= 15 is 0 Å². The predicted octanol–water partition coefficient (Wildman–Crippen LogP) is 9.01. The van der Waals surface area contributed by atoms with Crippen LogP contribution in [0.1, 0.15) is 109 Å². The number of rotatable bonds is 10. The first-order valence-electron chi connectivity index (χ1n) is 12.7. The summed E-state index contributed by atoms with van der Waals surface area (Å²) in [6.07, 6.45) is 21.0. The van der Waals surface area contributed by atoms with Gasteiger partial charge in [0.05, 0.1) is 0 Å². The van der Waals surface area contributed by atoms with Crippen LogP contribution in [0, 0.1) is 41.1 Å². The summed E-state index contributed by atoms with van der Waals surface area (Å²) in [5, 5.41) is 0. The van der Waals surface area contributed by atoms with Crippen molar-refractivity contribution in [2.24, 2.45) is 23.7 Å². The first kappa shape index (κ1) is 23.7. The lowest BCUT2D eigenvalue weighted by atomic mass is 9.74. The fourth-order valence-corrected chi connectivity index (χ4v) is 5.90. The average molecular weight is 423 g/mol. The summed E-state index contributed by atoms with van der Waals surface area (Å²) in [6.45, 7) is 2.29. The van der Waals surface area contributed by atoms with Crippen molar-refractivity contribution in [3.05, 3.63) is 35.1 Å². The van der Waals surface area contributed by atoms with Gasteiger partial charge in [-0.15, -0.1) is 0 Å². The highest BCUT2D eigenvalue weighted by atomic mass is 19.2. The number of unbranched alkanes of at least 4 members (excludes halogenated alkanes) is 2. The molecule has 30 heavy (non-hydrogen) atoms. The Morgan fingerprint density at radius 3 is 1.53 bits per heavy atom. The highest BCUT2D eigenvalue weighted by molar-refractivity contribution is 5.19. The maximum absolute atomic E-state index is 13.4. The van der Waals surface area contributed by atoms with Crippen molar-refractivity contribution in [2.75, 3.05) is 0 Å². The van der Waals surface area contributed by atoms with Gasteiger partial charge in [0.2, 0.25) is 0 Å². The van der Waals surface area contributed by atoms with Crippen molar-refractivity contribution >= 4 is 0 Å². The fourth-order valence-electron chi connectivity index (χ4n) is 5.90. The third-order valence-electron chi connectivity index (χ3n) is 8.02. The number of benzene rings is 1. The largest absolute Gasteiger partial charge is 0.204 e. The molecule has 3 rings (SSSR count). The first-order chi connectivity index (χ1) is 14.5. The monoisotopic (exact) mass is 422 g/mol. The lowest BCUT2D eigenvalue weighted by Crippen LogP contribution is -2.18. The van der Waals surface area contributed by atoms with Gasteiger partial charge in [-0.2, -0.15) is 0 Å². The summed E-state index contributed by atoms with van der Waals surface area (Å²) in [5.74, 6) is 0.0107. The quantitative estimate of drug-likeness (QED) is 0.261. The molecule has 0 bridgehead atoms. The van der Waals surface area contributed by atoms with E-state index in [2.05, 4.69) is 6.92 Å². The molecule has 0 atom stereocenters. The lowest BCUT2D eigenvalue weighted by molar-refractivity contribution is 0.208. The second kappa shape index (κ2) is 12.2. The van der Waals surface area contributed by atoms with Gasteiger partial charge in [0.25, 0.3) is 0 Å². The zero-order chi connectivity index (χ0) is 21.3. The van der Waals surface area contributed by atoms with Gasteiger partial charge < -0.3 is 0 Å². The van der Waals surface area contributed by atoms with E-state index in [9.17, 15) is 13.2 Å². The van der Waals surface area contributed by atoms with E-state index in [1.54, 1.807) is 0 Å². The van der Waals surface area contributed by atoms with Crippen molar-refractivity contribution in [3.8, 4) is 0 Å². The van der Waals surface area contributed by atoms with Gasteiger partial charge in [0.1, 0.15) is 0 Å². The van der Waals surface area contributed by atoms with Crippen LogP contribution in [-0.2, 0) is 6.42 Å². The third-order valence-corrected chi connectivity index (χ3v) is 8.02. The molecule has 170 valence electrons. The summed E-state index contributed by atoms with van der Waals surface area (Å²) in [7, 11) is 0. The lowest BCUT2D eigenvalue weighted by Gasteiger charge is -2.32. The Hall–Kier alpha value is -0.990. The number of halogens is 3. The van der Waals surface area contributed by atoms with Crippen LogP contribution in [0.5, 0.6) is 0 Å². The summed E-state index contributed by atoms with van der Waals surface area (Å²) in [4.78, 5) is 0. The van der Waals surface area contributed by atoms with E-state index in [4.69, 9.17) is 0 Å². The van der Waals surface area contributed by atoms with Gasteiger partial charge in [-0.05, 0) is 54.2 Å². The van der Waals surface area contributed by atoms with Gasteiger partial charge >= 0.3 is 0 Å². The van der Waals surface area contributed by atoms with Crippen LogP contribution in [0.25, 0.3) is 0 Å². The molecule has 2 saturated carbocycles. The second-order valence-corrected chi connectivity index (χ2v) is 10.3. The van der Waals surface area contributed by atoms with Crippen LogP contribution < -0.4 is 0 Å². The standard InChI is InChI=1S/C27H41F3/c1-2-3-4-5-20-6-8-21(9-7-20)10-11-22-12-14-23(15-13-22)16-17-24-18-25(28)27(30)26(29)19-24/h18-23H,2-17H2,1H3. The van der Waals surface area contributed by atoms with Crippen molar-refractivity contribution < 1.29 is 13.2 Å². The van der Waals surface area contributed by atoms with Gasteiger partial charge in [0, 0.05) is 0 Å². The summed E-state index contributed by atoms with van der Waals surface area (Å²) < 4.78 is 39.8.